The SMILES string of the molecule is O=C(O)C1C2CCC(C2)C1NC(=O)[C@@H]1CCCNC1. The molecule has 1 amide bonds. The lowest BCUT2D eigenvalue weighted by Gasteiger charge is -2.31. The van der Waals surface area contributed by atoms with Gasteiger partial charge >= 0.3 is 5.97 Å². The van der Waals surface area contributed by atoms with E-state index in [-0.39, 0.29) is 29.7 Å². The van der Waals surface area contributed by atoms with Crippen LogP contribution in [-0.2, 0) is 9.59 Å². The second-order valence-electron chi connectivity index (χ2n) is 6.27. The molecule has 1 heterocycles. The summed E-state index contributed by atoms with van der Waals surface area (Å²) < 4.78 is 0. The Kier molecular flexibility index (Phi) is 3.48. The predicted octanol–water partition coefficient (Wildman–Crippen LogP) is 0.602. The van der Waals surface area contributed by atoms with E-state index in [4.69, 9.17) is 0 Å². The molecule has 0 radical (unpaired) electrons. The van der Waals surface area contributed by atoms with E-state index in [0.717, 1.165) is 45.2 Å². The quantitative estimate of drug-likeness (QED) is 0.699. The van der Waals surface area contributed by atoms with Crippen LogP contribution in [0, 0.1) is 23.7 Å². The number of rotatable bonds is 3. The lowest BCUT2D eigenvalue weighted by molar-refractivity contribution is -0.145. The maximum absolute atomic E-state index is 12.3. The number of carbonyl (C=O) groups excluding carboxylic acids is 1. The van der Waals surface area contributed by atoms with Gasteiger partial charge in [-0.2, -0.15) is 0 Å². The van der Waals surface area contributed by atoms with Crippen molar-refractivity contribution in [2.75, 3.05) is 13.1 Å². The Morgan fingerprint density at radius 1 is 1.16 bits per heavy atom. The van der Waals surface area contributed by atoms with Gasteiger partial charge in [-0.3, -0.25) is 9.59 Å². The van der Waals surface area contributed by atoms with Crippen LogP contribution in [0.15, 0.2) is 0 Å². The fourth-order valence-corrected chi connectivity index (χ4v) is 4.21. The lowest BCUT2D eigenvalue weighted by atomic mass is 9.84. The van der Waals surface area contributed by atoms with Crippen LogP contribution in [0.3, 0.4) is 0 Å². The lowest BCUT2D eigenvalue weighted by Crippen LogP contribution is -2.50. The van der Waals surface area contributed by atoms with Crippen LogP contribution in [-0.4, -0.2) is 36.1 Å². The third kappa shape index (κ3) is 2.36. The van der Waals surface area contributed by atoms with E-state index in [9.17, 15) is 14.7 Å². The van der Waals surface area contributed by atoms with E-state index in [2.05, 4.69) is 10.6 Å². The second kappa shape index (κ2) is 5.12. The number of hydrogen-bond acceptors (Lipinski definition) is 3. The van der Waals surface area contributed by atoms with Crippen molar-refractivity contribution < 1.29 is 14.7 Å². The number of piperidine rings is 1. The Morgan fingerprint density at radius 2 is 1.95 bits per heavy atom. The summed E-state index contributed by atoms with van der Waals surface area (Å²) in [5.41, 5.74) is 0. The highest BCUT2D eigenvalue weighted by atomic mass is 16.4. The van der Waals surface area contributed by atoms with Gasteiger partial charge in [-0.05, 0) is 50.5 Å². The number of carboxylic acid groups (broad SMARTS) is 1. The molecular formula is C14H22N2O3. The van der Waals surface area contributed by atoms with Crippen LogP contribution in [0.2, 0.25) is 0 Å². The average molecular weight is 266 g/mol. The molecular weight excluding hydrogens is 244 g/mol. The second-order valence-corrected chi connectivity index (χ2v) is 6.27. The summed E-state index contributed by atoms with van der Waals surface area (Å²) in [7, 11) is 0. The van der Waals surface area contributed by atoms with Gasteiger partial charge in [-0.1, -0.05) is 0 Å². The highest BCUT2D eigenvalue weighted by molar-refractivity contribution is 5.81. The van der Waals surface area contributed by atoms with Gasteiger partial charge in [0, 0.05) is 12.6 Å². The number of amides is 1. The first-order valence-corrected chi connectivity index (χ1v) is 7.40. The van der Waals surface area contributed by atoms with E-state index in [0.29, 0.717) is 5.92 Å². The van der Waals surface area contributed by atoms with Crippen molar-refractivity contribution in [1.29, 1.82) is 0 Å². The van der Waals surface area contributed by atoms with Crippen LogP contribution in [0.4, 0.5) is 0 Å². The van der Waals surface area contributed by atoms with E-state index >= 15 is 0 Å². The molecule has 5 nitrogen and oxygen atoms in total. The summed E-state index contributed by atoms with van der Waals surface area (Å²) in [6.45, 7) is 1.71. The molecule has 106 valence electrons. The molecule has 1 aliphatic heterocycles. The topological polar surface area (TPSA) is 78.4 Å². The van der Waals surface area contributed by atoms with Crippen LogP contribution in [0.5, 0.6) is 0 Å². The predicted molar refractivity (Wildman–Crippen MR) is 69.5 cm³/mol. The highest BCUT2D eigenvalue weighted by Crippen LogP contribution is 2.48. The molecule has 0 aromatic carbocycles. The maximum Gasteiger partial charge on any atom is 0.308 e. The molecule has 0 aromatic rings. The fraction of sp³-hybridized carbons (Fsp3) is 0.857. The summed E-state index contributed by atoms with van der Waals surface area (Å²) in [6, 6.07) is -0.134. The van der Waals surface area contributed by atoms with Crippen molar-refractivity contribution in [2.45, 2.75) is 38.1 Å². The molecule has 5 atom stereocenters. The first-order valence-electron chi connectivity index (χ1n) is 7.40. The largest absolute Gasteiger partial charge is 0.481 e. The molecule has 4 unspecified atom stereocenters. The maximum atomic E-state index is 12.3. The van der Waals surface area contributed by atoms with Crippen LogP contribution < -0.4 is 10.6 Å². The molecule has 19 heavy (non-hydrogen) atoms. The van der Waals surface area contributed by atoms with Gasteiger partial charge in [0.1, 0.15) is 0 Å². The third-order valence-corrected chi connectivity index (χ3v) is 5.18. The highest BCUT2D eigenvalue weighted by Gasteiger charge is 2.51. The van der Waals surface area contributed by atoms with Gasteiger partial charge in [0.15, 0.2) is 0 Å². The van der Waals surface area contributed by atoms with Gasteiger partial charge < -0.3 is 15.7 Å². The van der Waals surface area contributed by atoms with Gasteiger partial charge in [0.05, 0.1) is 11.8 Å². The van der Waals surface area contributed by atoms with Crippen LogP contribution in [0.1, 0.15) is 32.1 Å². The number of aliphatic carboxylic acids is 1. The Morgan fingerprint density at radius 3 is 2.63 bits per heavy atom. The van der Waals surface area contributed by atoms with Crippen molar-refractivity contribution in [2.24, 2.45) is 23.7 Å². The first kappa shape index (κ1) is 12.9. The van der Waals surface area contributed by atoms with E-state index in [1.165, 1.54) is 0 Å². The van der Waals surface area contributed by atoms with Gasteiger partial charge in [-0.25, -0.2) is 0 Å². The summed E-state index contributed by atoms with van der Waals surface area (Å²) in [6.07, 6.45) is 5.00. The first-order chi connectivity index (χ1) is 9.16. The molecule has 3 fully saturated rings. The molecule has 2 aliphatic carbocycles. The van der Waals surface area contributed by atoms with Crippen molar-refractivity contribution in [1.82, 2.24) is 10.6 Å². The number of fused-ring (bicyclic) bond motifs is 2. The molecule has 3 rings (SSSR count). The minimum Gasteiger partial charge on any atom is -0.481 e. The van der Waals surface area contributed by atoms with Gasteiger partial charge in [0.2, 0.25) is 5.91 Å². The summed E-state index contributed by atoms with van der Waals surface area (Å²) in [5, 5.41) is 15.6. The van der Waals surface area contributed by atoms with Gasteiger partial charge in [-0.15, -0.1) is 0 Å². The molecule has 2 bridgehead atoms. The summed E-state index contributed by atoms with van der Waals surface area (Å²) >= 11 is 0. The van der Waals surface area contributed by atoms with Crippen molar-refractivity contribution in [3.05, 3.63) is 0 Å². The Hall–Kier alpha value is -1.10. The molecule has 5 heteroatoms. The monoisotopic (exact) mass is 266 g/mol. The zero-order chi connectivity index (χ0) is 13.4. The average Bonchev–Trinajstić information content (AvgIpc) is 3.00. The normalized spacial score (nSPS) is 41.2. The smallest absolute Gasteiger partial charge is 0.308 e. The summed E-state index contributed by atoms with van der Waals surface area (Å²) in [4.78, 5) is 23.7. The Bertz CT molecular complexity index is 379. The van der Waals surface area contributed by atoms with Crippen molar-refractivity contribution in [3.63, 3.8) is 0 Å². The fourth-order valence-electron chi connectivity index (χ4n) is 4.21. The van der Waals surface area contributed by atoms with E-state index in [1.807, 2.05) is 0 Å². The zero-order valence-corrected chi connectivity index (χ0v) is 11.1. The number of nitrogens with one attached hydrogen (secondary N) is 2. The number of hydrogen-bond donors (Lipinski definition) is 3. The third-order valence-electron chi connectivity index (χ3n) is 5.18. The van der Waals surface area contributed by atoms with Crippen molar-refractivity contribution >= 4 is 11.9 Å². The van der Waals surface area contributed by atoms with E-state index < -0.39 is 5.97 Å². The van der Waals surface area contributed by atoms with Crippen LogP contribution in [0.25, 0.3) is 0 Å². The minimum absolute atomic E-state index is 0.0160. The van der Waals surface area contributed by atoms with Crippen LogP contribution >= 0.6 is 0 Å². The molecule has 0 aromatic heterocycles. The minimum atomic E-state index is -0.737. The van der Waals surface area contributed by atoms with Crippen molar-refractivity contribution in [3.8, 4) is 0 Å². The molecule has 3 aliphatic rings. The van der Waals surface area contributed by atoms with E-state index in [1.54, 1.807) is 0 Å². The molecule has 3 N–H and O–H groups in total. The van der Waals surface area contributed by atoms with Gasteiger partial charge in [0.25, 0.3) is 0 Å². The Labute approximate surface area is 113 Å². The molecule has 0 spiro atoms. The number of carboxylic acids is 1. The molecule has 2 saturated carbocycles. The Balaban J connectivity index is 1.64. The zero-order valence-electron chi connectivity index (χ0n) is 11.1. The summed E-state index contributed by atoms with van der Waals surface area (Å²) in [5.74, 6) is -0.374. The standard InChI is InChI=1S/C14H22N2O3/c17-13(10-2-1-5-15-7-10)16-12-9-4-3-8(6-9)11(12)14(18)19/h8-12,15H,1-7H2,(H,16,17)(H,18,19)/t8?,9?,10-,11?,12?/m1/s1. The molecule has 1 saturated heterocycles. The number of carbonyl (C=O) groups is 2.